The second kappa shape index (κ2) is 9.78. The Morgan fingerprint density at radius 3 is 2.33 bits per heavy atom. The van der Waals surface area contributed by atoms with Gasteiger partial charge in [0.1, 0.15) is 5.82 Å². The van der Waals surface area contributed by atoms with E-state index >= 15 is 0 Å². The number of aliphatic carboxylic acids is 1. The number of carbonyl (C=O) groups is 2. The first kappa shape index (κ1) is 21.2. The molecule has 2 amide bonds. The van der Waals surface area contributed by atoms with Gasteiger partial charge in [0.2, 0.25) is 0 Å². The molecule has 0 unspecified atom stereocenters. The molecule has 7 nitrogen and oxygen atoms in total. The van der Waals surface area contributed by atoms with E-state index in [0.717, 1.165) is 35.2 Å². The SMILES string of the molecule is NC(=O)N1CCN(c2ccc(F)cc2)CC1.O=C(O)CCc1c[nH]c2ccccc12. The molecule has 0 spiro atoms. The van der Waals surface area contributed by atoms with E-state index in [0.29, 0.717) is 19.5 Å². The largest absolute Gasteiger partial charge is 0.481 e. The van der Waals surface area contributed by atoms with Crippen LogP contribution in [0.25, 0.3) is 10.9 Å². The number of amides is 2. The molecule has 2 heterocycles. The van der Waals surface area contributed by atoms with Crippen LogP contribution >= 0.6 is 0 Å². The van der Waals surface area contributed by atoms with Gasteiger partial charge in [-0.3, -0.25) is 4.79 Å². The van der Waals surface area contributed by atoms with Crippen molar-refractivity contribution in [2.75, 3.05) is 31.1 Å². The fraction of sp³-hybridized carbons (Fsp3) is 0.273. The maximum absolute atomic E-state index is 12.7. The van der Waals surface area contributed by atoms with E-state index in [2.05, 4.69) is 9.88 Å². The molecule has 30 heavy (non-hydrogen) atoms. The van der Waals surface area contributed by atoms with Crippen LogP contribution in [0.2, 0.25) is 0 Å². The molecule has 0 bridgehead atoms. The lowest BCUT2D eigenvalue weighted by Gasteiger charge is -2.35. The van der Waals surface area contributed by atoms with E-state index in [1.165, 1.54) is 12.1 Å². The van der Waals surface area contributed by atoms with E-state index in [4.69, 9.17) is 10.8 Å². The van der Waals surface area contributed by atoms with Crippen LogP contribution in [0, 0.1) is 5.82 Å². The molecule has 0 saturated carbocycles. The van der Waals surface area contributed by atoms with Crippen molar-refractivity contribution in [3.05, 3.63) is 66.1 Å². The quantitative estimate of drug-likeness (QED) is 0.612. The first-order valence-corrected chi connectivity index (χ1v) is 9.75. The topological polar surface area (TPSA) is 103 Å². The van der Waals surface area contributed by atoms with Crippen LogP contribution in [0.5, 0.6) is 0 Å². The minimum Gasteiger partial charge on any atom is -0.481 e. The minimum atomic E-state index is -0.754. The zero-order valence-corrected chi connectivity index (χ0v) is 16.6. The molecule has 1 fully saturated rings. The number of rotatable bonds is 4. The number of nitrogens with one attached hydrogen (secondary N) is 1. The second-order valence-corrected chi connectivity index (χ2v) is 7.04. The Labute approximate surface area is 173 Å². The zero-order chi connectivity index (χ0) is 21.5. The highest BCUT2D eigenvalue weighted by Gasteiger charge is 2.19. The van der Waals surface area contributed by atoms with Crippen LogP contribution in [-0.2, 0) is 11.2 Å². The number of nitrogens with two attached hydrogens (primary N) is 1. The fourth-order valence-electron chi connectivity index (χ4n) is 3.42. The number of urea groups is 1. The molecule has 1 saturated heterocycles. The van der Waals surface area contributed by atoms with Crippen molar-refractivity contribution >= 4 is 28.6 Å². The molecule has 0 aliphatic carbocycles. The predicted octanol–water partition coefficient (Wildman–Crippen LogP) is 3.21. The van der Waals surface area contributed by atoms with E-state index in [1.54, 1.807) is 17.0 Å². The Bertz CT molecular complexity index is 995. The van der Waals surface area contributed by atoms with Gasteiger partial charge in [0.05, 0.1) is 0 Å². The average Bonchev–Trinajstić information content (AvgIpc) is 3.16. The molecule has 1 aliphatic heterocycles. The third-order valence-corrected chi connectivity index (χ3v) is 5.07. The van der Waals surface area contributed by atoms with Gasteiger partial charge in [-0.2, -0.15) is 0 Å². The number of carboxylic acids is 1. The maximum Gasteiger partial charge on any atom is 0.314 e. The van der Waals surface area contributed by atoms with Crippen molar-refractivity contribution < 1.29 is 19.1 Å². The Kier molecular flexibility index (Phi) is 6.90. The standard InChI is InChI=1S/C11H14FN3O.C11H11NO2/c12-9-1-3-10(4-2-9)14-5-7-15(8-6-14)11(13)16;13-11(14)6-5-8-7-12-10-4-2-1-3-9(8)10/h1-4H,5-8H2,(H2,13,16);1-4,7,12H,5-6H2,(H,13,14). The molecule has 4 rings (SSSR count). The number of benzene rings is 2. The molecule has 1 aromatic heterocycles. The molecule has 0 radical (unpaired) electrons. The summed E-state index contributed by atoms with van der Waals surface area (Å²) in [5, 5.41) is 9.69. The number of para-hydroxylation sites is 1. The molecule has 0 atom stereocenters. The number of fused-ring (bicyclic) bond motifs is 1. The number of anilines is 1. The lowest BCUT2D eigenvalue weighted by Crippen LogP contribution is -2.50. The number of hydrogen-bond donors (Lipinski definition) is 3. The van der Waals surface area contributed by atoms with Crippen LogP contribution in [0.15, 0.2) is 54.7 Å². The monoisotopic (exact) mass is 412 g/mol. The number of hydrogen-bond acceptors (Lipinski definition) is 3. The van der Waals surface area contributed by atoms with Gasteiger partial charge in [-0.25, -0.2) is 9.18 Å². The Morgan fingerprint density at radius 2 is 1.70 bits per heavy atom. The highest BCUT2D eigenvalue weighted by Crippen LogP contribution is 2.19. The molecular weight excluding hydrogens is 387 g/mol. The number of piperazine rings is 1. The molecular formula is C22H25FN4O3. The van der Waals surface area contributed by atoms with Crippen LogP contribution in [0.1, 0.15) is 12.0 Å². The Balaban J connectivity index is 0.000000172. The lowest BCUT2D eigenvalue weighted by atomic mass is 10.1. The summed E-state index contributed by atoms with van der Waals surface area (Å²) in [4.78, 5) is 28.2. The van der Waals surface area contributed by atoms with Crippen LogP contribution in [-0.4, -0.2) is 53.2 Å². The van der Waals surface area contributed by atoms with Gasteiger partial charge in [0.25, 0.3) is 0 Å². The Hall–Kier alpha value is -3.55. The van der Waals surface area contributed by atoms with Crippen LogP contribution < -0.4 is 10.6 Å². The third-order valence-electron chi connectivity index (χ3n) is 5.07. The number of H-pyrrole nitrogens is 1. The van der Waals surface area contributed by atoms with E-state index in [1.807, 2.05) is 30.5 Å². The number of carboxylic acid groups (broad SMARTS) is 1. The number of nitrogens with zero attached hydrogens (tertiary/aromatic N) is 2. The average molecular weight is 412 g/mol. The van der Waals surface area contributed by atoms with Gasteiger partial charge in [-0.05, 0) is 42.3 Å². The number of aryl methyl sites for hydroxylation is 1. The highest BCUT2D eigenvalue weighted by molar-refractivity contribution is 5.83. The van der Waals surface area contributed by atoms with Gasteiger partial charge < -0.3 is 25.6 Å². The third kappa shape index (κ3) is 5.50. The lowest BCUT2D eigenvalue weighted by molar-refractivity contribution is -0.136. The highest BCUT2D eigenvalue weighted by atomic mass is 19.1. The summed E-state index contributed by atoms with van der Waals surface area (Å²) >= 11 is 0. The van der Waals surface area contributed by atoms with Crippen molar-refractivity contribution in [3.63, 3.8) is 0 Å². The van der Waals surface area contributed by atoms with Crippen molar-refractivity contribution in [1.82, 2.24) is 9.88 Å². The van der Waals surface area contributed by atoms with Gasteiger partial charge in [0.15, 0.2) is 0 Å². The Morgan fingerprint density at radius 1 is 1.03 bits per heavy atom. The van der Waals surface area contributed by atoms with Gasteiger partial charge in [-0.15, -0.1) is 0 Å². The van der Waals surface area contributed by atoms with Crippen molar-refractivity contribution in [1.29, 1.82) is 0 Å². The molecule has 3 aromatic rings. The number of primary amides is 1. The maximum atomic E-state index is 12.7. The molecule has 8 heteroatoms. The number of aromatic amines is 1. The number of carbonyl (C=O) groups excluding carboxylic acids is 1. The molecule has 1 aliphatic rings. The van der Waals surface area contributed by atoms with Gasteiger partial charge >= 0.3 is 12.0 Å². The first-order chi connectivity index (χ1) is 14.4. The van der Waals surface area contributed by atoms with Crippen molar-refractivity contribution in [3.8, 4) is 0 Å². The molecule has 4 N–H and O–H groups in total. The number of halogens is 1. The zero-order valence-electron chi connectivity index (χ0n) is 16.6. The second-order valence-electron chi connectivity index (χ2n) is 7.04. The smallest absolute Gasteiger partial charge is 0.314 e. The van der Waals surface area contributed by atoms with Gasteiger partial charge in [-0.1, -0.05) is 18.2 Å². The van der Waals surface area contributed by atoms with Gasteiger partial charge in [0, 0.05) is 55.4 Å². The fourth-order valence-corrected chi connectivity index (χ4v) is 3.42. The normalized spacial score (nSPS) is 13.6. The van der Waals surface area contributed by atoms with Crippen LogP contribution in [0.3, 0.4) is 0 Å². The molecule has 2 aromatic carbocycles. The van der Waals surface area contributed by atoms with E-state index in [9.17, 15) is 14.0 Å². The summed E-state index contributed by atoms with van der Waals surface area (Å²) in [5.41, 5.74) is 8.30. The van der Waals surface area contributed by atoms with Crippen LogP contribution in [0.4, 0.5) is 14.9 Å². The summed E-state index contributed by atoms with van der Waals surface area (Å²) in [6.45, 7) is 2.70. The van der Waals surface area contributed by atoms with Crippen molar-refractivity contribution in [2.24, 2.45) is 5.73 Å². The van der Waals surface area contributed by atoms with E-state index < -0.39 is 5.97 Å². The summed E-state index contributed by atoms with van der Waals surface area (Å²) in [5.74, 6) is -0.991. The first-order valence-electron chi connectivity index (χ1n) is 9.75. The number of aromatic nitrogens is 1. The van der Waals surface area contributed by atoms with E-state index in [-0.39, 0.29) is 18.3 Å². The summed E-state index contributed by atoms with van der Waals surface area (Å²) in [6, 6.07) is 13.9. The summed E-state index contributed by atoms with van der Waals surface area (Å²) in [7, 11) is 0. The summed E-state index contributed by atoms with van der Waals surface area (Å²) < 4.78 is 12.7. The summed E-state index contributed by atoms with van der Waals surface area (Å²) in [6.07, 6.45) is 2.65. The van der Waals surface area contributed by atoms with Crippen molar-refractivity contribution in [2.45, 2.75) is 12.8 Å². The minimum absolute atomic E-state index is 0.182. The predicted molar refractivity (Wildman–Crippen MR) is 114 cm³/mol. The molecule has 158 valence electrons.